The Hall–Kier alpha value is -8.90. The summed E-state index contributed by atoms with van der Waals surface area (Å²) in [5, 5.41) is 28.7. The van der Waals surface area contributed by atoms with Crippen LogP contribution in [0.5, 0.6) is 0 Å². The summed E-state index contributed by atoms with van der Waals surface area (Å²) >= 11 is 0. The van der Waals surface area contributed by atoms with Crippen LogP contribution in [0.15, 0.2) is 206 Å². The van der Waals surface area contributed by atoms with Crippen molar-refractivity contribution in [2.24, 2.45) is 0 Å². The van der Waals surface area contributed by atoms with E-state index in [1.54, 1.807) is 0 Å². The SMILES string of the molecule is CC(C)(C)c1ccc(-c2cc3c4cc5ccc(N(c6ccccc6)c6ccc(C#N)cc6)cc5cc4n4c5cc6cc(N(c7ccccc7)c7ccc(C#N)cc7)ccc6cc5c(c2)c34)cc1. The van der Waals surface area contributed by atoms with Crippen molar-refractivity contribution >= 4 is 93.8 Å². The highest BCUT2D eigenvalue weighted by Crippen LogP contribution is 2.46. The molecule has 0 saturated carbocycles. The Balaban J connectivity index is 1.10. The fraction of sp³-hybridized carbons (Fsp3) is 0.0645. The number of fused-ring (bicyclic) bond motifs is 8. The van der Waals surface area contributed by atoms with Crippen LogP contribution in [-0.4, -0.2) is 4.40 Å². The van der Waals surface area contributed by atoms with Crippen molar-refractivity contribution in [2.45, 2.75) is 26.2 Å². The van der Waals surface area contributed by atoms with Gasteiger partial charge in [-0.05, 0) is 177 Å². The number of nitrogens with zero attached hydrogens (tertiary/aromatic N) is 5. The van der Waals surface area contributed by atoms with Crippen LogP contribution >= 0.6 is 0 Å². The van der Waals surface area contributed by atoms with Crippen LogP contribution in [0.3, 0.4) is 0 Å². The molecule has 0 aliphatic rings. The standard InChI is InChI=1S/C62H43N5/c1-62(2,3)48-22-18-42(19-23-48)47-34-57-55-32-43-20-28-53(65(49-10-6-4-7-11-49)51-24-14-40(38-63)15-25-51)30-45(43)36-59(55)67-60-37-46-31-54(29-21-44(46)33-56(60)58(35-47)61(57)67)66(50-12-8-5-9-13-50)52-26-16-41(39-64)17-27-52/h4-37H,1-3H3. The topological polar surface area (TPSA) is 58.5 Å². The molecule has 12 rings (SSSR count). The first-order valence-electron chi connectivity index (χ1n) is 22.7. The molecule has 0 N–H and O–H groups in total. The first kappa shape index (κ1) is 39.7. The normalized spacial score (nSPS) is 11.8. The van der Waals surface area contributed by atoms with Gasteiger partial charge in [0.1, 0.15) is 0 Å². The molecule has 5 nitrogen and oxygen atoms in total. The van der Waals surface area contributed by atoms with Gasteiger partial charge in [-0.3, -0.25) is 0 Å². The van der Waals surface area contributed by atoms with E-state index in [0.717, 1.165) is 66.7 Å². The number of rotatable bonds is 7. The largest absolute Gasteiger partial charge is 0.310 e. The number of nitriles is 2. The lowest BCUT2D eigenvalue weighted by atomic mass is 9.86. The van der Waals surface area contributed by atoms with Gasteiger partial charge in [0.2, 0.25) is 0 Å². The predicted octanol–water partition coefficient (Wildman–Crippen LogP) is 16.8. The van der Waals surface area contributed by atoms with Crippen molar-refractivity contribution < 1.29 is 0 Å². The third-order valence-corrected chi connectivity index (χ3v) is 13.4. The van der Waals surface area contributed by atoms with Crippen LogP contribution in [0.25, 0.3) is 70.8 Å². The molecule has 0 aliphatic carbocycles. The highest BCUT2D eigenvalue weighted by atomic mass is 15.1. The Kier molecular flexibility index (Phi) is 9.11. The average Bonchev–Trinajstić information content (AvgIpc) is 3.86. The molecule has 0 unspecified atom stereocenters. The molecule has 0 spiro atoms. The van der Waals surface area contributed by atoms with Crippen molar-refractivity contribution in [1.29, 1.82) is 10.5 Å². The number of hydrogen-bond donors (Lipinski definition) is 0. The maximum atomic E-state index is 9.59. The van der Waals surface area contributed by atoms with Gasteiger partial charge in [-0.2, -0.15) is 10.5 Å². The molecule has 0 radical (unpaired) electrons. The minimum Gasteiger partial charge on any atom is -0.310 e. The molecule has 10 aromatic carbocycles. The van der Waals surface area contributed by atoms with E-state index in [1.807, 2.05) is 60.7 Å². The third kappa shape index (κ3) is 6.68. The second-order valence-corrected chi connectivity index (χ2v) is 18.5. The molecule has 2 heterocycles. The summed E-state index contributed by atoms with van der Waals surface area (Å²) in [6, 6.07) is 77.8. The second-order valence-electron chi connectivity index (χ2n) is 18.5. The summed E-state index contributed by atoms with van der Waals surface area (Å²) in [6.07, 6.45) is 0. The van der Waals surface area contributed by atoms with E-state index in [0.29, 0.717) is 11.1 Å². The number of anilines is 6. The number of aromatic nitrogens is 1. The summed E-state index contributed by atoms with van der Waals surface area (Å²) in [4.78, 5) is 4.51. The minimum absolute atomic E-state index is 0.0606. The molecule has 0 aliphatic heterocycles. The molecule has 0 amide bonds. The monoisotopic (exact) mass is 857 g/mol. The van der Waals surface area contributed by atoms with Gasteiger partial charge < -0.3 is 14.2 Å². The Morgan fingerprint density at radius 2 is 0.791 bits per heavy atom. The molecule has 0 bridgehead atoms. The lowest BCUT2D eigenvalue weighted by molar-refractivity contribution is 0.590. The summed E-state index contributed by atoms with van der Waals surface area (Å²) in [7, 11) is 0. The van der Waals surface area contributed by atoms with Gasteiger partial charge in [-0.15, -0.1) is 0 Å². The zero-order chi connectivity index (χ0) is 45.4. The van der Waals surface area contributed by atoms with Crippen molar-refractivity contribution in [3.63, 3.8) is 0 Å². The Morgan fingerprint density at radius 1 is 0.373 bits per heavy atom. The van der Waals surface area contributed by atoms with Crippen LogP contribution in [-0.2, 0) is 5.41 Å². The van der Waals surface area contributed by atoms with Crippen LogP contribution in [0.1, 0.15) is 37.5 Å². The van der Waals surface area contributed by atoms with Gasteiger partial charge in [0.25, 0.3) is 0 Å². The zero-order valence-electron chi connectivity index (χ0n) is 37.4. The van der Waals surface area contributed by atoms with Crippen LogP contribution in [0.2, 0.25) is 0 Å². The van der Waals surface area contributed by atoms with Gasteiger partial charge >= 0.3 is 0 Å². The molecular weight excluding hydrogens is 815 g/mol. The molecule has 2 aromatic heterocycles. The van der Waals surface area contributed by atoms with E-state index >= 15 is 0 Å². The fourth-order valence-electron chi connectivity index (χ4n) is 10.0. The van der Waals surface area contributed by atoms with Crippen molar-refractivity contribution in [3.05, 3.63) is 223 Å². The molecule has 5 heteroatoms. The number of hydrogen-bond acceptors (Lipinski definition) is 4. The van der Waals surface area contributed by atoms with E-state index in [-0.39, 0.29) is 5.41 Å². The lowest BCUT2D eigenvalue weighted by Crippen LogP contribution is -2.10. The predicted molar refractivity (Wildman–Crippen MR) is 279 cm³/mol. The van der Waals surface area contributed by atoms with Gasteiger partial charge in [0.05, 0.1) is 39.8 Å². The van der Waals surface area contributed by atoms with Gasteiger partial charge in [0, 0.05) is 55.7 Å². The third-order valence-electron chi connectivity index (χ3n) is 13.4. The second kappa shape index (κ2) is 15.4. The number of benzene rings is 10. The molecular formula is C62H43N5. The molecule has 0 fully saturated rings. The Labute approximate surface area is 389 Å². The van der Waals surface area contributed by atoms with Gasteiger partial charge in [0.15, 0.2) is 0 Å². The van der Waals surface area contributed by atoms with E-state index in [4.69, 9.17) is 0 Å². The molecule has 0 atom stereocenters. The van der Waals surface area contributed by atoms with E-state index in [1.165, 1.54) is 43.8 Å². The molecule has 67 heavy (non-hydrogen) atoms. The maximum absolute atomic E-state index is 9.59. The highest BCUT2D eigenvalue weighted by Gasteiger charge is 2.23. The van der Waals surface area contributed by atoms with Crippen LogP contribution in [0, 0.1) is 22.7 Å². The molecule has 0 saturated heterocycles. The van der Waals surface area contributed by atoms with Crippen LogP contribution in [0.4, 0.5) is 34.1 Å². The quantitative estimate of drug-likeness (QED) is 0.160. The van der Waals surface area contributed by atoms with Crippen molar-refractivity contribution in [3.8, 4) is 23.3 Å². The smallest absolute Gasteiger partial charge is 0.0991 e. The average molecular weight is 858 g/mol. The van der Waals surface area contributed by atoms with Crippen molar-refractivity contribution in [1.82, 2.24) is 4.40 Å². The fourth-order valence-corrected chi connectivity index (χ4v) is 10.0. The first-order chi connectivity index (χ1) is 32.7. The van der Waals surface area contributed by atoms with E-state index in [9.17, 15) is 10.5 Å². The Morgan fingerprint density at radius 3 is 1.21 bits per heavy atom. The summed E-state index contributed by atoms with van der Waals surface area (Å²) in [6.45, 7) is 6.79. The molecule has 12 aromatic rings. The molecule has 316 valence electrons. The van der Waals surface area contributed by atoms with Crippen LogP contribution < -0.4 is 9.80 Å². The van der Waals surface area contributed by atoms with Gasteiger partial charge in [-0.1, -0.05) is 93.6 Å². The summed E-state index contributed by atoms with van der Waals surface area (Å²) < 4.78 is 2.49. The van der Waals surface area contributed by atoms with Crippen molar-refractivity contribution in [2.75, 3.05) is 9.80 Å². The van der Waals surface area contributed by atoms with E-state index < -0.39 is 0 Å². The Bertz CT molecular complexity index is 3720. The van der Waals surface area contributed by atoms with E-state index in [2.05, 4.69) is 193 Å². The lowest BCUT2D eigenvalue weighted by Gasteiger charge is -2.26. The maximum Gasteiger partial charge on any atom is 0.0991 e. The zero-order valence-corrected chi connectivity index (χ0v) is 37.4. The summed E-state index contributed by atoms with van der Waals surface area (Å²) in [5.74, 6) is 0. The number of para-hydroxylation sites is 2. The highest BCUT2D eigenvalue weighted by molar-refractivity contribution is 6.27. The first-order valence-corrected chi connectivity index (χ1v) is 22.7. The minimum atomic E-state index is 0.0606. The summed E-state index contributed by atoms with van der Waals surface area (Å²) in [5.41, 5.74) is 14.7. The van der Waals surface area contributed by atoms with Gasteiger partial charge in [-0.25, -0.2) is 0 Å².